The third-order valence-corrected chi connectivity index (χ3v) is 5.92. The van der Waals surface area contributed by atoms with Gasteiger partial charge in [-0.1, -0.05) is 25.3 Å². The Morgan fingerprint density at radius 2 is 1.68 bits per heavy atom. The molecule has 156 valence electrons. The summed E-state index contributed by atoms with van der Waals surface area (Å²) in [5.74, 6) is -2.74. The van der Waals surface area contributed by atoms with Gasteiger partial charge in [-0.3, -0.25) is 9.80 Å². The molecule has 0 spiro atoms. The molecule has 3 rings (SSSR count). The normalized spacial score (nSPS) is 18.8. The summed E-state index contributed by atoms with van der Waals surface area (Å²) in [6.45, 7) is 5.91. The first-order chi connectivity index (χ1) is 13.4. The van der Waals surface area contributed by atoms with E-state index in [0.29, 0.717) is 0 Å². The Morgan fingerprint density at radius 3 is 2.18 bits per heavy atom. The van der Waals surface area contributed by atoms with Gasteiger partial charge in [0, 0.05) is 38.8 Å². The Hall–Kier alpha value is -1.64. The van der Waals surface area contributed by atoms with E-state index in [2.05, 4.69) is 43.9 Å². The van der Waals surface area contributed by atoms with E-state index >= 15 is 0 Å². The van der Waals surface area contributed by atoms with Crippen molar-refractivity contribution in [2.45, 2.75) is 44.7 Å². The molecule has 1 aliphatic carbocycles. The van der Waals surface area contributed by atoms with Gasteiger partial charge in [0.15, 0.2) is 0 Å². The van der Waals surface area contributed by atoms with Crippen molar-refractivity contribution in [3.8, 4) is 5.75 Å². The molecule has 1 saturated heterocycles. The van der Waals surface area contributed by atoms with Crippen LogP contribution < -0.4 is 4.74 Å². The molecular formula is C20H29BrN2O5. The first-order valence-electron chi connectivity index (χ1n) is 9.65. The van der Waals surface area contributed by atoms with Gasteiger partial charge in [0.2, 0.25) is 0 Å². The lowest BCUT2D eigenvalue weighted by molar-refractivity contribution is -0.159. The molecule has 1 saturated carbocycles. The molecule has 0 aromatic heterocycles. The van der Waals surface area contributed by atoms with Gasteiger partial charge < -0.3 is 14.9 Å². The Morgan fingerprint density at radius 1 is 1.07 bits per heavy atom. The monoisotopic (exact) mass is 456 g/mol. The summed E-state index contributed by atoms with van der Waals surface area (Å²) in [4.78, 5) is 23.5. The summed E-state index contributed by atoms with van der Waals surface area (Å²) >= 11 is 3.58. The van der Waals surface area contributed by atoms with Gasteiger partial charge in [0.25, 0.3) is 0 Å². The molecule has 2 aliphatic rings. The summed E-state index contributed by atoms with van der Waals surface area (Å²) in [5.41, 5.74) is 1.36. The fourth-order valence-corrected chi connectivity index (χ4v) is 4.39. The van der Waals surface area contributed by atoms with Crippen LogP contribution in [0.2, 0.25) is 0 Å². The van der Waals surface area contributed by atoms with Crippen LogP contribution in [-0.4, -0.2) is 71.3 Å². The van der Waals surface area contributed by atoms with Crippen molar-refractivity contribution in [2.24, 2.45) is 0 Å². The number of hydrogen-bond acceptors (Lipinski definition) is 5. The summed E-state index contributed by atoms with van der Waals surface area (Å²) in [6.07, 6.45) is 7.16. The first-order valence-corrected chi connectivity index (χ1v) is 10.4. The molecular weight excluding hydrogens is 428 g/mol. The highest BCUT2D eigenvalue weighted by atomic mass is 79.9. The zero-order valence-electron chi connectivity index (χ0n) is 16.3. The van der Waals surface area contributed by atoms with Crippen LogP contribution in [0.1, 0.15) is 37.7 Å². The summed E-state index contributed by atoms with van der Waals surface area (Å²) in [6, 6.07) is 7.28. The highest BCUT2D eigenvalue weighted by Crippen LogP contribution is 2.27. The smallest absolute Gasteiger partial charge is 0.414 e. The maximum atomic E-state index is 9.10. The van der Waals surface area contributed by atoms with Gasteiger partial charge in [-0.25, -0.2) is 9.59 Å². The number of piperazine rings is 1. The molecule has 0 unspecified atom stereocenters. The Kier molecular flexibility index (Phi) is 9.21. The van der Waals surface area contributed by atoms with Crippen molar-refractivity contribution in [1.29, 1.82) is 0 Å². The van der Waals surface area contributed by atoms with Crippen LogP contribution >= 0.6 is 15.9 Å². The quantitative estimate of drug-likeness (QED) is 0.672. The van der Waals surface area contributed by atoms with Crippen molar-refractivity contribution in [2.75, 3.05) is 33.3 Å². The highest BCUT2D eigenvalue weighted by Gasteiger charge is 2.25. The zero-order valence-corrected chi connectivity index (χ0v) is 17.9. The summed E-state index contributed by atoms with van der Waals surface area (Å²) in [5, 5.41) is 14.8. The Labute approximate surface area is 174 Å². The van der Waals surface area contributed by atoms with E-state index in [4.69, 9.17) is 24.5 Å². The van der Waals surface area contributed by atoms with E-state index in [1.807, 2.05) is 0 Å². The second-order valence-corrected chi connectivity index (χ2v) is 8.04. The van der Waals surface area contributed by atoms with Crippen molar-refractivity contribution in [1.82, 2.24) is 9.80 Å². The third-order valence-electron chi connectivity index (χ3n) is 5.30. The van der Waals surface area contributed by atoms with E-state index in [1.165, 1.54) is 63.8 Å². The summed E-state index contributed by atoms with van der Waals surface area (Å²) in [7, 11) is 1.71. The van der Waals surface area contributed by atoms with E-state index < -0.39 is 11.9 Å². The number of rotatable bonds is 4. The van der Waals surface area contributed by atoms with Crippen LogP contribution in [0.4, 0.5) is 0 Å². The highest BCUT2D eigenvalue weighted by molar-refractivity contribution is 9.10. The van der Waals surface area contributed by atoms with Gasteiger partial charge in [-0.2, -0.15) is 0 Å². The van der Waals surface area contributed by atoms with Crippen LogP contribution in [0, 0.1) is 0 Å². The van der Waals surface area contributed by atoms with Gasteiger partial charge in [0.05, 0.1) is 11.6 Å². The van der Waals surface area contributed by atoms with E-state index in [1.54, 1.807) is 7.11 Å². The Balaban J connectivity index is 0.000000409. The zero-order chi connectivity index (χ0) is 20.5. The van der Waals surface area contributed by atoms with Crippen LogP contribution in [0.25, 0.3) is 0 Å². The van der Waals surface area contributed by atoms with Gasteiger partial charge >= 0.3 is 11.9 Å². The minimum atomic E-state index is -1.82. The van der Waals surface area contributed by atoms with E-state index in [9.17, 15) is 0 Å². The number of nitrogens with zero attached hydrogens (tertiary/aromatic N) is 2. The van der Waals surface area contributed by atoms with Crippen molar-refractivity contribution < 1.29 is 24.5 Å². The second-order valence-electron chi connectivity index (χ2n) is 7.18. The molecule has 0 bridgehead atoms. The van der Waals surface area contributed by atoms with E-state index in [0.717, 1.165) is 22.8 Å². The molecule has 1 aromatic rings. The van der Waals surface area contributed by atoms with Crippen molar-refractivity contribution in [3.05, 3.63) is 28.2 Å². The molecule has 2 N–H and O–H groups in total. The molecule has 0 atom stereocenters. The molecule has 0 radical (unpaired) electrons. The van der Waals surface area contributed by atoms with Gasteiger partial charge in [-0.05, 0) is 46.5 Å². The van der Waals surface area contributed by atoms with Crippen molar-refractivity contribution in [3.63, 3.8) is 0 Å². The number of aliphatic carboxylic acids is 2. The predicted octanol–water partition coefficient (Wildman–Crippen LogP) is 3.06. The van der Waals surface area contributed by atoms with Gasteiger partial charge in [0.1, 0.15) is 5.75 Å². The molecule has 7 nitrogen and oxygen atoms in total. The fraction of sp³-hybridized carbons (Fsp3) is 0.600. The lowest BCUT2D eigenvalue weighted by Crippen LogP contribution is -2.50. The Bertz CT molecular complexity index is 644. The third kappa shape index (κ3) is 7.07. The number of benzene rings is 1. The van der Waals surface area contributed by atoms with Gasteiger partial charge in [-0.15, -0.1) is 0 Å². The number of carbonyl (C=O) groups is 2. The number of carboxylic acids is 2. The number of halogens is 1. The molecule has 8 heteroatoms. The predicted molar refractivity (Wildman–Crippen MR) is 110 cm³/mol. The van der Waals surface area contributed by atoms with E-state index in [-0.39, 0.29) is 0 Å². The topological polar surface area (TPSA) is 90.3 Å². The lowest BCUT2D eigenvalue weighted by Gasteiger charge is -2.40. The number of carboxylic acid groups (broad SMARTS) is 2. The molecule has 1 heterocycles. The molecule has 28 heavy (non-hydrogen) atoms. The standard InChI is InChI=1S/C18H27BrN2O.C2H2O4/c1-22-18-8-7-15(13-17(18)19)14-20-9-11-21(12-10-20)16-5-3-2-4-6-16;3-1(4)2(5)6/h7-8,13,16H,2-6,9-12,14H2,1H3;(H,3,4)(H,5,6). The average molecular weight is 457 g/mol. The molecule has 2 fully saturated rings. The average Bonchev–Trinajstić information content (AvgIpc) is 2.70. The van der Waals surface area contributed by atoms with Crippen molar-refractivity contribution >= 4 is 27.9 Å². The number of ether oxygens (including phenoxy) is 1. The maximum absolute atomic E-state index is 9.10. The number of methoxy groups -OCH3 is 1. The SMILES string of the molecule is COc1ccc(CN2CCN(C3CCCCC3)CC2)cc1Br.O=C(O)C(=O)O. The first kappa shape index (κ1) is 22.6. The van der Waals surface area contributed by atoms with Crippen LogP contribution in [0.3, 0.4) is 0 Å². The number of hydrogen-bond donors (Lipinski definition) is 2. The maximum Gasteiger partial charge on any atom is 0.414 e. The largest absolute Gasteiger partial charge is 0.496 e. The second kappa shape index (κ2) is 11.4. The lowest BCUT2D eigenvalue weighted by atomic mass is 9.94. The minimum absolute atomic E-state index is 0.867. The van der Waals surface area contributed by atoms with Crippen LogP contribution in [-0.2, 0) is 16.1 Å². The fourth-order valence-electron chi connectivity index (χ4n) is 3.80. The molecule has 1 aromatic carbocycles. The summed E-state index contributed by atoms with van der Waals surface area (Å²) < 4.78 is 6.35. The molecule has 1 aliphatic heterocycles. The molecule has 0 amide bonds. The minimum Gasteiger partial charge on any atom is -0.496 e. The van der Waals surface area contributed by atoms with Crippen LogP contribution in [0.15, 0.2) is 22.7 Å². The van der Waals surface area contributed by atoms with Crippen LogP contribution in [0.5, 0.6) is 5.75 Å².